The number of rotatable bonds is 4. The Labute approximate surface area is 165 Å². The number of carbonyl (C=O) groups excluding carboxylic acids is 1. The molecule has 3 rings (SSSR count). The summed E-state index contributed by atoms with van der Waals surface area (Å²) < 4.78 is 67.9. The lowest BCUT2D eigenvalue weighted by Crippen LogP contribution is -2.12. The lowest BCUT2D eigenvalue weighted by Gasteiger charge is -2.10. The SMILES string of the molecule is CC(C)n1nc(C(F)(F)F)cc1-c1sc(C(=O)Nc2c(F)cccc2F)cc1N. The van der Waals surface area contributed by atoms with E-state index in [9.17, 15) is 26.7 Å². The molecule has 5 nitrogen and oxygen atoms in total. The number of nitrogen functional groups attached to an aromatic ring is 1. The quantitative estimate of drug-likeness (QED) is 0.550. The molecule has 0 spiro atoms. The number of aromatic nitrogens is 2. The van der Waals surface area contributed by atoms with Gasteiger partial charge in [-0.15, -0.1) is 11.3 Å². The molecule has 0 saturated heterocycles. The van der Waals surface area contributed by atoms with Crippen LogP contribution in [0.3, 0.4) is 0 Å². The maximum Gasteiger partial charge on any atom is 0.435 e. The Bertz CT molecular complexity index is 1050. The molecule has 0 aliphatic heterocycles. The molecule has 1 aromatic carbocycles. The number of carbonyl (C=O) groups is 1. The van der Waals surface area contributed by atoms with E-state index in [1.54, 1.807) is 13.8 Å². The van der Waals surface area contributed by atoms with Gasteiger partial charge in [0.1, 0.15) is 17.3 Å². The average molecular weight is 430 g/mol. The van der Waals surface area contributed by atoms with Crippen LogP contribution < -0.4 is 11.1 Å². The number of halogens is 5. The summed E-state index contributed by atoms with van der Waals surface area (Å²) in [6.07, 6.45) is -4.65. The molecule has 0 bridgehead atoms. The summed E-state index contributed by atoms with van der Waals surface area (Å²) in [5, 5.41) is 5.70. The van der Waals surface area contributed by atoms with Gasteiger partial charge in [0, 0.05) is 6.04 Å². The second kappa shape index (κ2) is 7.47. The molecule has 2 aromatic heterocycles. The van der Waals surface area contributed by atoms with Crippen LogP contribution in [0.15, 0.2) is 30.3 Å². The highest BCUT2D eigenvalue weighted by Crippen LogP contribution is 2.39. The monoisotopic (exact) mass is 430 g/mol. The first-order valence-corrected chi connectivity index (χ1v) is 9.12. The molecule has 11 heteroatoms. The molecule has 0 aliphatic rings. The molecular weight excluding hydrogens is 415 g/mol. The molecule has 0 unspecified atom stereocenters. The van der Waals surface area contributed by atoms with Gasteiger partial charge in [-0.05, 0) is 38.1 Å². The van der Waals surface area contributed by atoms with Gasteiger partial charge in [0.25, 0.3) is 5.91 Å². The highest BCUT2D eigenvalue weighted by Gasteiger charge is 2.36. The summed E-state index contributed by atoms with van der Waals surface area (Å²) >= 11 is 0.797. The van der Waals surface area contributed by atoms with Gasteiger partial charge in [0.05, 0.1) is 21.1 Å². The highest BCUT2D eigenvalue weighted by molar-refractivity contribution is 7.18. The summed E-state index contributed by atoms with van der Waals surface area (Å²) in [6.45, 7) is 3.30. The fourth-order valence-corrected chi connectivity index (χ4v) is 3.59. The van der Waals surface area contributed by atoms with Crippen molar-refractivity contribution in [2.24, 2.45) is 0 Å². The van der Waals surface area contributed by atoms with Crippen LogP contribution in [-0.4, -0.2) is 15.7 Å². The molecule has 154 valence electrons. The smallest absolute Gasteiger partial charge is 0.397 e. The van der Waals surface area contributed by atoms with Crippen molar-refractivity contribution in [3.63, 3.8) is 0 Å². The zero-order valence-electron chi connectivity index (χ0n) is 15.1. The van der Waals surface area contributed by atoms with Gasteiger partial charge < -0.3 is 11.1 Å². The van der Waals surface area contributed by atoms with Crippen molar-refractivity contribution in [2.45, 2.75) is 26.1 Å². The van der Waals surface area contributed by atoms with Crippen LogP contribution in [-0.2, 0) is 6.18 Å². The molecule has 0 atom stereocenters. The Hall–Kier alpha value is -2.95. The third-order valence-corrected chi connectivity index (χ3v) is 5.11. The normalized spacial score (nSPS) is 11.9. The molecule has 0 saturated carbocycles. The number of amides is 1. The molecule has 0 radical (unpaired) electrons. The molecule has 2 heterocycles. The highest BCUT2D eigenvalue weighted by atomic mass is 32.1. The number of nitrogens with two attached hydrogens (primary N) is 1. The number of anilines is 2. The van der Waals surface area contributed by atoms with Crippen LogP contribution in [0.5, 0.6) is 0 Å². The Kier molecular flexibility index (Phi) is 5.35. The number of hydrogen-bond acceptors (Lipinski definition) is 4. The molecular formula is C18H15F5N4OS. The summed E-state index contributed by atoms with van der Waals surface area (Å²) in [6, 6.07) is 4.78. The Morgan fingerprint density at radius 1 is 1.21 bits per heavy atom. The second-order valence-electron chi connectivity index (χ2n) is 6.40. The first kappa shape index (κ1) is 20.8. The fourth-order valence-electron chi connectivity index (χ4n) is 2.61. The van der Waals surface area contributed by atoms with Crippen molar-refractivity contribution in [3.05, 3.63) is 52.5 Å². The number of nitrogens with one attached hydrogen (secondary N) is 1. The largest absolute Gasteiger partial charge is 0.435 e. The van der Waals surface area contributed by atoms with Gasteiger partial charge in [-0.2, -0.15) is 18.3 Å². The van der Waals surface area contributed by atoms with Gasteiger partial charge in [0.15, 0.2) is 5.69 Å². The summed E-state index contributed by atoms with van der Waals surface area (Å²) in [4.78, 5) is 12.6. The van der Waals surface area contributed by atoms with Crippen LogP contribution >= 0.6 is 11.3 Å². The van der Waals surface area contributed by atoms with Crippen LogP contribution in [0, 0.1) is 11.6 Å². The zero-order chi connectivity index (χ0) is 21.5. The number of benzene rings is 1. The van der Waals surface area contributed by atoms with Crippen molar-refractivity contribution in [3.8, 4) is 10.6 Å². The van der Waals surface area contributed by atoms with Crippen LogP contribution in [0.2, 0.25) is 0 Å². The third kappa shape index (κ3) is 4.09. The van der Waals surface area contributed by atoms with E-state index in [2.05, 4.69) is 10.4 Å². The minimum absolute atomic E-state index is 0.0229. The second-order valence-corrected chi connectivity index (χ2v) is 7.45. The summed E-state index contributed by atoms with van der Waals surface area (Å²) in [5.41, 5.74) is 4.33. The number of para-hydroxylation sites is 1. The van der Waals surface area contributed by atoms with E-state index in [0.717, 1.165) is 40.3 Å². The lowest BCUT2D eigenvalue weighted by molar-refractivity contribution is -0.141. The van der Waals surface area contributed by atoms with Crippen LogP contribution in [0.1, 0.15) is 35.3 Å². The maximum absolute atomic E-state index is 13.7. The summed E-state index contributed by atoms with van der Waals surface area (Å²) in [5.74, 6) is -2.77. The van der Waals surface area contributed by atoms with Gasteiger partial charge in [-0.3, -0.25) is 9.48 Å². The van der Waals surface area contributed by atoms with Gasteiger partial charge >= 0.3 is 6.18 Å². The summed E-state index contributed by atoms with van der Waals surface area (Å²) in [7, 11) is 0. The molecule has 29 heavy (non-hydrogen) atoms. The average Bonchev–Trinajstić information content (AvgIpc) is 3.21. The molecule has 0 fully saturated rings. The van der Waals surface area contributed by atoms with Crippen molar-refractivity contribution in [1.29, 1.82) is 0 Å². The van der Waals surface area contributed by atoms with E-state index in [1.807, 2.05) is 0 Å². The minimum Gasteiger partial charge on any atom is -0.397 e. The van der Waals surface area contributed by atoms with E-state index in [0.29, 0.717) is 0 Å². The number of hydrogen-bond donors (Lipinski definition) is 2. The predicted octanol–water partition coefficient (Wildman–Crippen LogP) is 5.32. The third-order valence-electron chi connectivity index (χ3n) is 3.93. The van der Waals surface area contributed by atoms with Crippen molar-refractivity contribution in [2.75, 3.05) is 11.1 Å². The van der Waals surface area contributed by atoms with E-state index in [-0.39, 0.29) is 21.1 Å². The Morgan fingerprint density at radius 2 is 1.83 bits per heavy atom. The van der Waals surface area contributed by atoms with Crippen LogP contribution in [0.4, 0.5) is 33.3 Å². The lowest BCUT2D eigenvalue weighted by atomic mass is 10.2. The molecule has 3 aromatic rings. The number of nitrogens with zero attached hydrogens (tertiary/aromatic N) is 2. The van der Waals surface area contributed by atoms with Gasteiger partial charge in [-0.1, -0.05) is 6.07 Å². The van der Waals surface area contributed by atoms with Crippen molar-refractivity contribution in [1.82, 2.24) is 9.78 Å². The minimum atomic E-state index is -4.65. The fraction of sp³-hybridized carbons (Fsp3) is 0.222. The van der Waals surface area contributed by atoms with E-state index >= 15 is 0 Å². The molecule has 0 aliphatic carbocycles. The Balaban J connectivity index is 1.99. The molecule has 3 N–H and O–H groups in total. The zero-order valence-corrected chi connectivity index (χ0v) is 16.0. The first-order valence-electron chi connectivity index (χ1n) is 8.30. The van der Waals surface area contributed by atoms with Crippen LogP contribution in [0.25, 0.3) is 10.6 Å². The van der Waals surface area contributed by atoms with E-state index < -0.39 is 41.1 Å². The number of alkyl halides is 3. The standard InChI is InChI=1S/C18H15F5N4OS/c1-8(2)27-12(7-14(26-27)18(21,22)23)16-11(24)6-13(29-16)17(28)25-15-9(19)4-3-5-10(15)20/h3-8H,24H2,1-2H3,(H,25,28). The van der Waals surface area contributed by atoms with Crippen molar-refractivity contribution < 1.29 is 26.7 Å². The topological polar surface area (TPSA) is 72.9 Å². The number of thiophene rings is 1. The predicted molar refractivity (Wildman–Crippen MR) is 99.7 cm³/mol. The maximum atomic E-state index is 13.7. The first-order chi connectivity index (χ1) is 13.5. The van der Waals surface area contributed by atoms with Crippen molar-refractivity contribution >= 4 is 28.6 Å². The van der Waals surface area contributed by atoms with E-state index in [4.69, 9.17) is 5.73 Å². The van der Waals surface area contributed by atoms with E-state index in [1.165, 1.54) is 6.07 Å². The van der Waals surface area contributed by atoms with Gasteiger partial charge in [-0.25, -0.2) is 8.78 Å². The molecule has 1 amide bonds. The Morgan fingerprint density at radius 3 is 2.38 bits per heavy atom. The van der Waals surface area contributed by atoms with Gasteiger partial charge in [0.2, 0.25) is 0 Å².